The summed E-state index contributed by atoms with van der Waals surface area (Å²) in [5, 5.41) is 3.17. The van der Waals surface area contributed by atoms with Gasteiger partial charge in [0, 0.05) is 24.4 Å². The van der Waals surface area contributed by atoms with Gasteiger partial charge >= 0.3 is 0 Å². The van der Waals surface area contributed by atoms with Crippen molar-refractivity contribution in [1.29, 1.82) is 0 Å². The Morgan fingerprint density at radius 2 is 2.20 bits per heavy atom. The molecule has 0 saturated heterocycles. The van der Waals surface area contributed by atoms with Crippen LogP contribution in [-0.2, 0) is 4.79 Å². The molecule has 0 radical (unpaired) electrons. The van der Waals surface area contributed by atoms with Crippen LogP contribution in [0.5, 0.6) is 0 Å². The number of hydrogen-bond donors (Lipinski definition) is 1. The van der Waals surface area contributed by atoms with Gasteiger partial charge in [0.25, 0.3) is 0 Å². The van der Waals surface area contributed by atoms with Gasteiger partial charge in [-0.05, 0) is 31.4 Å². The van der Waals surface area contributed by atoms with Crippen LogP contribution in [0.2, 0.25) is 0 Å². The van der Waals surface area contributed by atoms with E-state index in [-0.39, 0.29) is 5.78 Å². The van der Waals surface area contributed by atoms with Crippen molar-refractivity contribution >= 4 is 11.6 Å². The smallest absolute Gasteiger partial charge is 0.157 e. The molecular weight excluding hydrogens is 188 g/mol. The highest BCUT2D eigenvalue weighted by Gasteiger charge is 2.09. The van der Waals surface area contributed by atoms with Gasteiger partial charge in [0.2, 0.25) is 0 Å². The molecule has 1 aromatic rings. The summed E-state index contributed by atoms with van der Waals surface area (Å²) in [6, 6.07) is 3.93. The minimum Gasteiger partial charge on any atom is -0.344 e. The van der Waals surface area contributed by atoms with Crippen molar-refractivity contribution in [3.63, 3.8) is 0 Å². The summed E-state index contributed by atoms with van der Waals surface area (Å²) in [6.45, 7) is 2.00. The van der Waals surface area contributed by atoms with E-state index in [4.69, 9.17) is 0 Å². The van der Waals surface area contributed by atoms with Gasteiger partial charge < -0.3 is 5.32 Å². The zero-order chi connectivity index (χ0) is 10.7. The van der Waals surface area contributed by atoms with Crippen molar-refractivity contribution in [2.45, 2.75) is 26.2 Å². The second kappa shape index (κ2) is 4.26. The lowest BCUT2D eigenvalue weighted by Gasteiger charge is -2.13. The van der Waals surface area contributed by atoms with Crippen LogP contribution >= 0.6 is 0 Å². The molecule has 1 aromatic heterocycles. The fourth-order valence-electron chi connectivity index (χ4n) is 1.60. The molecule has 78 valence electrons. The van der Waals surface area contributed by atoms with Crippen LogP contribution in [0.3, 0.4) is 0 Å². The summed E-state index contributed by atoms with van der Waals surface area (Å²) < 4.78 is 0. The predicted molar refractivity (Wildman–Crippen MR) is 59.5 cm³/mol. The van der Waals surface area contributed by atoms with Crippen LogP contribution in [0.4, 0.5) is 5.82 Å². The average molecular weight is 202 g/mol. The van der Waals surface area contributed by atoms with Crippen molar-refractivity contribution in [2.75, 3.05) is 5.32 Å². The Bertz CT molecular complexity index is 393. The molecule has 0 saturated carbocycles. The highest BCUT2D eigenvalue weighted by Crippen LogP contribution is 2.17. The molecular formula is C12H14N2O. The Morgan fingerprint density at radius 1 is 1.33 bits per heavy atom. The first kappa shape index (κ1) is 9.90. The first-order chi connectivity index (χ1) is 7.24. The van der Waals surface area contributed by atoms with Crippen molar-refractivity contribution < 1.29 is 4.79 Å². The number of rotatable bonds is 2. The van der Waals surface area contributed by atoms with Crippen molar-refractivity contribution in [1.82, 2.24) is 4.98 Å². The molecule has 0 fully saturated rings. The molecule has 0 bridgehead atoms. The summed E-state index contributed by atoms with van der Waals surface area (Å²) in [5.41, 5.74) is 2.11. The number of carbonyl (C=O) groups excluding carboxylic acids is 1. The Morgan fingerprint density at radius 3 is 2.87 bits per heavy atom. The van der Waals surface area contributed by atoms with Gasteiger partial charge in [0.05, 0.1) is 0 Å². The van der Waals surface area contributed by atoms with Gasteiger partial charge in [-0.2, -0.15) is 0 Å². The SMILES string of the molecule is Cc1ccc(NC2=CC(=O)CCC2)nc1. The molecule has 1 aliphatic rings. The number of carbonyl (C=O) groups is 1. The average Bonchev–Trinajstić information content (AvgIpc) is 2.22. The van der Waals surface area contributed by atoms with Crippen LogP contribution in [0.15, 0.2) is 30.1 Å². The van der Waals surface area contributed by atoms with E-state index < -0.39 is 0 Å². The van der Waals surface area contributed by atoms with E-state index in [2.05, 4.69) is 10.3 Å². The van der Waals surface area contributed by atoms with E-state index >= 15 is 0 Å². The molecule has 1 aliphatic carbocycles. The van der Waals surface area contributed by atoms with E-state index in [9.17, 15) is 4.79 Å². The van der Waals surface area contributed by atoms with Crippen molar-refractivity contribution in [3.05, 3.63) is 35.7 Å². The molecule has 0 unspecified atom stereocenters. The van der Waals surface area contributed by atoms with Crippen molar-refractivity contribution in [3.8, 4) is 0 Å². The first-order valence-electron chi connectivity index (χ1n) is 5.17. The largest absolute Gasteiger partial charge is 0.344 e. The molecule has 2 rings (SSSR count). The summed E-state index contributed by atoms with van der Waals surface area (Å²) in [4.78, 5) is 15.4. The second-order valence-corrected chi connectivity index (χ2v) is 3.84. The van der Waals surface area contributed by atoms with Gasteiger partial charge in [0.1, 0.15) is 5.82 Å². The van der Waals surface area contributed by atoms with E-state index in [1.807, 2.05) is 25.3 Å². The van der Waals surface area contributed by atoms with Crippen LogP contribution in [-0.4, -0.2) is 10.8 Å². The van der Waals surface area contributed by atoms with Gasteiger partial charge in [-0.15, -0.1) is 0 Å². The Labute approximate surface area is 89.2 Å². The Hall–Kier alpha value is -1.64. The van der Waals surface area contributed by atoms with Gasteiger partial charge in [-0.3, -0.25) is 4.79 Å². The highest BCUT2D eigenvalue weighted by molar-refractivity contribution is 5.91. The molecule has 0 aliphatic heterocycles. The molecule has 0 aromatic carbocycles. The minimum atomic E-state index is 0.205. The topological polar surface area (TPSA) is 42.0 Å². The maximum atomic E-state index is 11.2. The molecule has 0 atom stereocenters. The number of hydrogen-bond acceptors (Lipinski definition) is 3. The van der Waals surface area contributed by atoms with Crippen LogP contribution in [0, 0.1) is 6.92 Å². The lowest BCUT2D eigenvalue weighted by atomic mass is 10.0. The van der Waals surface area contributed by atoms with E-state index in [0.717, 1.165) is 29.9 Å². The molecule has 3 heteroatoms. The van der Waals surface area contributed by atoms with Gasteiger partial charge in [-0.1, -0.05) is 6.07 Å². The number of aromatic nitrogens is 1. The Balaban J connectivity index is 2.08. The Kier molecular flexibility index (Phi) is 2.81. The third kappa shape index (κ3) is 2.65. The number of pyridine rings is 1. The van der Waals surface area contributed by atoms with Crippen LogP contribution < -0.4 is 5.32 Å². The highest BCUT2D eigenvalue weighted by atomic mass is 16.1. The molecule has 3 nitrogen and oxygen atoms in total. The number of allylic oxidation sites excluding steroid dienone is 2. The van der Waals surface area contributed by atoms with Crippen LogP contribution in [0.25, 0.3) is 0 Å². The molecule has 0 spiro atoms. The number of anilines is 1. The first-order valence-corrected chi connectivity index (χ1v) is 5.17. The third-order valence-electron chi connectivity index (χ3n) is 2.40. The van der Waals surface area contributed by atoms with E-state index in [1.54, 1.807) is 6.08 Å². The van der Waals surface area contributed by atoms with Gasteiger partial charge in [-0.25, -0.2) is 4.98 Å². The molecule has 15 heavy (non-hydrogen) atoms. The zero-order valence-corrected chi connectivity index (χ0v) is 8.79. The van der Waals surface area contributed by atoms with E-state index in [1.165, 1.54) is 0 Å². The lowest BCUT2D eigenvalue weighted by Crippen LogP contribution is -2.09. The monoisotopic (exact) mass is 202 g/mol. The van der Waals surface area contributed by atoms with Crippen LogP contribution in [0.1, 0.15) is 24.8 Å². The molecule has 1 N–H and O–H groups in total. The van der Waals surface area contributed by atoms with Crippen molar-refractivity contribution in [2.24, 2.45) is 0 Å². The standard InChI is InChI=1S/C12H14N2O/c1-9-5-6-12(13-8-9)14-10-3-2-4-11(15)7-10/h5-8H,2-4H2,1H3,(H,13,14). The molecule has 1 heterocycles. The van der Waals surface area contributed by atoms with E-state index in [0.29, 0.717) is 6.42 Å². The summed E-state index contributed by atoms with van der Waals surface area (Å²) in [6.07, 6.45) is 6.04. The fraction of sp³-hybridized carbons (Fsp3) is 0.333. The lowest BCUT2D eigenvalue weighted by molar-refractivity contribution is -0.115. The maximum absolute atomic E-state index is 11.2. The third-order valence-corrected chi connectivity index (χ3v) is 2.40. The second-order valence-electron chi connectivity index (χ2n) is 3.84. The summed E-state index contributed by atoms with van der Waals surface area (Å²) in [7, 11) is 0. The number of ketones is 1. The number of aryl methyl sites for hydroxylation is 1. The fourth-order valence-corrected chi connectivity index (χ4v) is 1.60. The minimum absolute atomic E-state index is 0.205. The zero-order valence-electron chi connectivity index (χ0n) is 8.79. The number of nitrogens with one attached hydrogen (secondary N) is 1. The summed E-state index contributed by atoms with van der Waals surface area (Å²) in [5.74, 6) is 1.01. The predicted octanol–water partition coefficient (Wildman–Crippen LogP) is 2.44. The maximum Gasteiger partial charge on any atom is 0.157 e. The summed E-state index contributed by atoms with van der Waals surface area (Å²) >= 11 is 0. The number of nitrogens with zero attached hydrogens (tertiary/aromatic N) is 1. The van der Waals surface area contributed by atoms with Gasteiger partial charge in [0.15, 0.2) is 5.78 Å². The normalized spacial score (nSPS) is 16.1. The quantitative estimate of drug-likeness (QED) is 0.800. The molecule has 0 amide bonds.